The van der Waals surface area contributed by atoms with Crippen molar-refractivity contribution in [1.29, 1.82) is 0 Å². The molecule has 1 aliphatic heterocycles. The van der Waals surface area contributed by atoms with E-state index in [4.69, 9.17) is 0 Å². The van der Waals surface area contributed by atoms with E-state index in [0.29, 0.717) is 24.0 Å². The van der Waals surface area contributed by atoms with Gasteiger partial charge in [0.2, 0.25) is 0 Å². The minimum atomic E-state index is -0.486. The third-order valence-electron chi connectivity index (χ3n) is 7.26. The summed E-state index contributed by atoms with van der Waals surface area (Å²) in [5.41, 5.74) is 6.39. The second kappa shape index (κ2) is 9.19. The van der Waals surface area contributed by atoms with E-state index in [-0.39, 0.29) is 0 Å². The van der Waals surface area contributed by atoms with E-state index in [9.17, 15) is 4.79 Å². The second-order valence-corrected chi connectivity index (χ2v) is 10.3. The van der Waals surface area contributed by atoms with E-state index in [1.807, 2.05) is 13.1 Å². The number of nitrogens with one attached hydrogen (secondary N) is 2. The van der Waals surface area contributed by atoms with E-state index in [0.717, 1.165) is 47.5 Å². The highest BCUT2D eigenvalue weighted by molar-refractivity contribution is 5.95. The summed E-state index contributed by atoms with van der Waals surface area (Å²) < 4.78 is 0. The van der Waals surface area contributed by atoms with Crippen molar-refractivity contribution in [2.45, 2.75) is 71.6 Å². The first-order chi connectivity index (χ1) is 15.3. The van der Waals surface area contributed by atoms with Crippen molar-refractivity contribution in [3.05, 3.63) is 53.3 Å². The van der Waals surface area contributed by atoms with E-state index >= 15 is 0 Å². The van der Waals surface area contributed by atoms with Gasteiger partial charge >= 0.3 is 0 Å². The largest absolute Gasteiger partial charge is 0.354 e. The summed E-state index contributed by atoms with van der Waals surface area (Å²) in [6.07, 6.45) is 5.94. The van der Waals surface area contributed by atoms with Gasteiger partial charge in [-0.2, -0.15) is 0 Å². The van der Waals surface area contributed by atoms with Crippen molar-refractivity contribution >= 4 is 16.7 Å². The fourth-order valence-corrected chi connectivity index (χ4v) is 5.11. The van der Waals surface area contributed by atoms with E-state index in [1.165, 1.54) is 23.8 Å². The quantitative estimate of drug-likeness (QED) is 0.462. The monoisotopic (exact) mass is 431 g/mol. The van der Waals surface area contributed by atoms with Gasteiger partial charge < -0.3 is 10.3 Å². The molecule has 32 heavy (non-hydrogen) atoms. The number of pyridine rings is 1. The Bertz CT molecular complexity index is 1100. The Morgan fingerprint density at radius 2 is 1.91 bits per heavy atom. The number of aromatic nitrogens is 2. The van der Waals surface area contributed by atoms with Crippen LogP contribution in [0.3, 0.4) is 0 Å². The maximum atomic E-state index is 13.3. The summed E-state index contributed by atoms with van der Waals surface area (Å²) in [4.78, 5) is 21.3. The van der Waals surface area contributed by atoms with E-state index in [2.05, 4.69) is 73.3 Å². The Morgan fingerprint density at radius 3 is 2.59 bits per heavy atom. The minimum Gasteiger partial charge on any atom is -0.354 e. The van der Waals surface area contributed by atoms with Gasteiger partial charge in [-0.3, -0.25) is 9.78 Å². The molecule has 1 fully saturated rings. The molecule has 1 aromatic carbocycles. The molecule has 4 rings (SSSR count). The van der Waals surface area contributed by atoms with E-state index < -0.39 is 5.41 Å². The standard InChI is InChI=1S/C28H37N3O/c1-18(2)26-23-17-22(28(4,5)25(32)9-6-20-10-13-29-14-11-20)7-8-24(23)31-27(26)21-12-15-30-19(3)16-21/h7-8,12,15-18,20,29,31H,6,9-11,13-14H2,1-5H3. The predicted octanol–water partition coefficient (Wildman–Crippen LogP) is 6.29. The molecule has 2 N–H and O–H groups in total. The van der Waals surface area contributed by atoms with Crippen molar-refractivity contribution in [3.8, 4) is 11.3 Å². The number of ketones is 1. The Labute approximate surface area is 192 Å². The first kappa shape index (κ1) is 22.7. The van der Waals surface area contributed by atoms with Crippen molar-refractivity contribution in [2.75, 3.05) is 13.1 Å². The number of benzene rings is 1. The van der Waals surface area contributed by atoms with Crippen LogP contribution in [0.25, 0.3) is 22.2 Å². The highest BCUT2D eigenvalue weighted by Gasteiger charge is 2.31. The van der Waals surface area contributed by atoms with Crippen molar-refractivity contribution in [1.82, 2.24) is 15.3 Å². The summed E-state index contributed by atoms with van der Waals surface area (Å²) in [6.45, 7) is 12.9. The lowest BCUT2D eigenvalue weighted by molar-refractivity contribution is -0.123. The number of aryl methyl sites for hydroxylation is 1. The first-order valence-electron chi connectivity index (χ1n) is 12.1. The smallest absolute Gasteiger partial charge is 0.142 e. The van der Waals surface area contributed by atoms with Crippen LogP contribution in [0.1, 0.15) is 76.1 Å². The number of nitrogens with zero attached hydrogens (tertiary/aromatic N) is 1. The molecule has 1 saturated heterocycles. The van der Waals surface area contributed by atoms with Crippen molar-refractivity contribution in [2.24, 2.45) is 5.92 Å². The fourth-order valence-electron chi connectivity index (χ4n) is 5.11. The number of aromatic amines is 1. The van der Waals surface area contributed by atoms with Crippen molar-refractivity contribution in [3.63, 3.8) is 0 Å². The zero-order valence-electron chi connectivity index (χ0n) is 20.2. The number of hydrogen-bond acceptors (Lipinski definition) is 3. The molecule has 0 radical (unpaired) electrons. The van der Waals surface area contributed by atoms with Crippen LogP contribution < -0.4 is 5.32 Å². The van der Waals surface area contributed by atoms with Crippen LogP contribution in [0.5, 0.6) is 0 Å². The molecule has 2 aromatic heterocycles. The molecule has 4 heteroatoms. The molecule has 0 amide bonds. The SMILES string of the molecule is Cc1cc(-c2[nH]c3ccc(C(C)(C)C(=O)CCC4CCNCC4)cc3c2C(C)C)ccn1. The Kier molecular flexibility index (Phi) is 6.52. The molecule has 0 spiro atoms. The third kappa shape index (κ3) is 4.52. The number of carbonyl (C=O) groups excluding carboxylic acids is 1. The summed E-state index contributed by atoms with van der Waals surface area (Å²) >= 11 is 0. The van der Waals surface area contributed by atoms with Crippen LogP contribution in [0, 0.1) is 12.8 Å². The average Bonchev–Trinajstić information content (AvgIpc) is 3.17. The van der Waals surface area contributed by atoms with Gasteiger partial charge in [-0.25, -0.2) is 0 Å². The molecule has 0 unspecified atom stereocenters. The molecular weight excluding hydrogens is 394 g/mol. The normalized spacial score (nSPS) is 15.6. The number of rotatable bonds is 7. The molecule has 170 valence electrons. The lowest BCUT2D eigenvalue weighted by Crippen LogP contribution is -2.31. The van der Waals surface area contributed by atoms with Gasteiger partial charge in [0, 0.05) is 40.2 Å². The molecule has 3 heterocycles. The first-order valence-corrected chi connectivity index (χ1v) is 12.1. The summed E-state index contributed by atoms with van der Waals surface area (Å²) in [7, 11) is 0. The number of hydrogen-bond donors (Lipinski definition) is 2. The molecule has 0 atom stereocenters. The fraction of sp³-hybridized carbons (Fsp3) is 0.500. The summed E-state index contributed by atoms with van der Waals surface area (Å²) in [5.74, 6) is 1.39. The van der Waals surface area contributed by atoms with Gasteiger partial charge in [-0.15, -0.1) is 0 Å². The molecular formula is C28H37N3O. The molecule has 0 bridgehead atoms. The molecule has 1 aliphatic rings. The van der Waals surface area contributed by atoms with Gasteiger partial charge in [0.15, 0.2) is 0 Å². The molecule has 0 aliphatic carbocycles. The highest BCUT2D eigenvalue weighted by Crippen LogP contribution is 2.38. The van der Waals surface area contributed by atoms with Crippen molar-refractivity contribution < 1.29 is 4.79 Å². The highest BCUT2D eigenvalue weighted by atomic mass is 16.1. The van der Waals surface area contributed by atoms with Crippen LogP contribution in [-0.4, -0.2) is 28.8 Å². The number of H-pyrrole nitrogens is 1. The summed E-state index contributed by atoms with van der Waals surface area (Å²) in [5, 5.41) is 4.64. The number of carbonyl (C=O) groups is 1. The molecule has 3 aromatic rings. The Balaban J connectivity index is 1.66. The minimum absolute atomic E-state index is 0.349. The maximum Gasteiger partial charge on any atom is 0.142 e. The van der Waals surface area contributed by atoms with Gasteiger partial charge in [0.1, 0.15) is 5.78 Å². The average molecular weight is 432 g/mol. The second-order valence-electron chi connectivity index (χ2n) is 10.3. The maximum absolute atomic E-state index is 13.3. The van der Waals surface area contributed by atoms with Gasteiger partial charge in [-0.05, 0) is 100 Å². The third-order valence-corrected chi connectivity index (χ3v) is 7.26. The van der Waals surface area contributed by atoms with Crippen LogP contribution >= 0.6 is 0 Å². The number of piperidine rings is 1. The lowest BCUT2D eigenvalue weighted by atomic mass is 9.77. The van der Waals surface area contributed by atoms with Crippen LogP contribution in [0.15, 0.2) is 36.5 Å². The Morgan fingerprint density at radius 1 is 1.16 bits per heavy atom. The lowest BCUT2D eigenvalue weighted by Gasteiger charge is -2.27. The predicted molar refractivity (Wildman–Crippen MR) is 133 cm³/mol. The van der Waals surface area contributed by atoms with Gasteiger partial charge in [0.05, 0.1) is 5.69 Å². The van der Waals surface area contributed by atoms with E-state index in [1.54, 1.807) is 0 Å². The number of fused-ring (bicyclic) bond motifs is 1. The van der Waals surface area contributed by atoms with Gasteiger partial charge in [-0.1, -0.05) is 19.9 Å². The number of Topliss-reactive ketones (excluding diaryl/α,β-unsaturated/α-hetero) is 1. The van der Waals surface area contributed by atoms with Crippen LogP contribution in [0.2, 0.25) is 0 Å². The van der Waals surface area contributed by atoms with Gasteiger partial charge in [0.25, 0.3) is 0 Å². The topological polar surface area (TPSA) is 57.8 Å². The van der Waals surface area contributed by atoms with Crippen LogP contribution in [-0.2, 0) is 10.2 Å². The zero-order chi connectivity index (χ0) is 22.9. The van der Waals surface area contributed by atoms with Crippen LogP contribution in [0.4, 0.5) is 0 Å². The summed E-state index contributed by atoms with van der Waals surface area (Å²) in [6, 6.07) is 10.7. The zero-order valence-corrected chi connectivity index (χ0v) is 20.2. The molecule has 4 nitrogen and oxygen atoms in total. The Hall–Kier alpha value is -2.46. The molecule has 0 saturated carbocycles.